The van der Waals surface area contributed by atoms with Crippen LogP contribution in [0.15, 0.2) is 46.9 Å². The van der Waals surface area contributed by atoms with Gasteiger partial charge in [0, 0.05) is 90.5 Å². The lowest BCUT2D eigenvalue weighted by Gasteiger charge is -2.40. The number of Topliss-reactive ketones (excluding diaryl/α,β-unsaturated/α-hetero) is 4. The highest BCUT2D eigenvalue weighted by atomic mass is 19.3. The molecule has 6 rings (SSSR count). The highest BCUT2D eigenvalue weighted by molar-refractivity contribution is 6.09. The summed E-state index contributed by atoms with van der Waals surface area (Å²) >= 11 is 0. The topological polar surface area (TPSA) is 256 Å². The molecule has 3 heterocycles. The molecule has 5 N–H and O–H groups in total. The predicted octanol–water partition coefficient (Wildman–Crippen LogP) is 11.0. The highest BCUT2D eigenvalue weighted by Gasteiger charge is 2.51. The van der Waals surface area contributed by atoms with Crippen LogP contribution in [-0.2, 0) is 28.8 Å². The van der Waals surface area contributed by atoms with E-state index in [9.17, 15) is 71.2 Å². The number of aliphatic hydroxyl groups excluding tert-OH is 2. The SMILES string of the molecule is CC(C)CC(=O)NC(C(=O)C[C@H](C(=O)N[C@@H](CC(C)C)[C@@H](O)CC(=O)C[C@@H](C)C(=O)N[C@H](CC(C)C)[C@@H](O)CC(=O)CCCCCCCCCCC(=O)c1ccc(C(=O)[O-])c(-c2c3cc(F)c(=[N+]4CC(F)(F)C4)cc-3oc3cc(N4CC(F)(F)C4)c(F)cc23)c1)C(C)C)C(C)C. The van der Waals surface area contributed by atoms with Gasteiger partial charge in [0.05, 0.1) is 61.1 Å². The molecule has 2 saturated heterocycles. The summed E-state index contributed by atoms with van der Waals surface area (Å²) in [5.74, 6) is -14.2. The number of hydrogen-bond donors (Lipinski definition) is 5. The number of carboxylic acid groups (broad SMARTS) is 1. The van der Waals surface area contributed by atoms with Crippen molar-refractivity contribution in [1.82, 2.24) is 20.5 Å². The number of unbranched alkanes of at least 4 members (excludes halogenated alkanes) is 7. The van der Waals surface area contributed by atoms with Gasteiger partial charge >= 0.3 is 5.92 Å². The Morgan fingerprint density at radius 1 is 0.604 bits per heavy atom. The Labute approximate surface area is 559 Å². The minimum absolute atomic E-state index is 0.00580. The molecular weight excluding hydrogens is 1250 g/mol. The fourth-order valence-electron chi connectivity index (χ4n) is 12.8. The van der Waals surface area contributed by atoms with Gasteiger partial charge in [-0.1, -0.05) is 127 Å². The number of rotatable bonds is 39. The second-order valence-corrected chi connectivity index (χ2v) is 28.9. The molecule has 2 aromatic rings. The monoisotopic (exact) mass is 1350 g/mol. The van der Waals surface area contributed by atoms with Gasteiger partial charge in [-0.2, -0.15) is 13.2 Å². The maximum atomic E-state index is 15.9. The molecule has 1 aliphatic carbocycles. The number of nitrogens with one attached hydrogen (secondary N) is 3. The summed E-state index contributed by atoms with van der Waals surface area (Å²) in [5.41, 5.74) is -0.987. The number of carboxylic acids is 1. The average molecular weight is 1350 g/mol. The molecule has 7 atom stereocenters. The van der Waals surface area contributed by atoms with E-state index in [0.29, 0.717) is 32.1 Å². The minimum atomic E-state index is -3.07. The van der Waals surface area contributed by atoms with Gasteiger partial charge in [-0.25, -0.2) is 17.7 Å². The molecule has 0 spiro atoms. The van der Waals surface area contributed by atoms with Crippen molar-refractivity contribution in [2.24, 2.45) is 41.4 Å². The lowest BCUT2D eigenvalue weighted by atomic mass is 9.85. The molecule has 2 aromatic carbocycles. The molecule has 0 radical (unpaired) electrons. The zero-order valence-corrected chi connectivity index (χ0v) is 57.5. The number of aliphatic hydroxyl groups is 2. The standard InChI is InChI=1S/C73H99F6N5O12/c1-40(2)24-56(80-69(92)45(11)27-48(86)30-62(89)57(25-41(3)4)81-70(93)50(43(7)8)33-63(90)68(44(9)10)82-66(91)26-42(5)6)61(88)29-47(85)20-18-16-14-12-13-15-17-19-21-60(87)46-22-23-49(71(94)95)51(28-46)67-52-31-54(74)58(83-36-72(76,77)37-83)34-64(52)96-65-35-59(55(75)32-53(65)67)84-38-73(78,79)39-84/h22-23,28,31-32,34-35,40-45,50,56-57,61-62,68,88-89H,12-21,24-27,29-30,33,36-39H2,1-11H3,(H3-,80,81,82,91,92,93,94,95)/t45-,50+,56-,57+,61+,62+,68?/m1/s1. The van der Waals surface area contributed by atoms with Crippen molar-refractivity contribution in [1.29, 1.82) is 0 Å². The van der Waals surface area contributed by atoms with Gasteiger partial charge in [-0.15, -0.1) is 0 Å². The number of aromatic carboxylic acids is 1. The van der Waals surface area contributed by atoms with Gasteiger partial charge in [0.15, 0.2) is 17.4 Å². The molecule has 3 aliphatic heterocycles. The van der Waals surface area contributed by atoms with E-state index < -0.39 is 121 Å². The van der Waals surface area contributed by atoms with Crippen molar-refractivity contribution in [3.05, 3.63) is 70.6 Å². The fraction of sp³-hybridized carbons (Fsp3) is 0.630. The summed E-state index contributed by atoms with van der Waals surface area (Å²) in [6.45, 7) is 17.2. The summed E-state index contributed by atoms with van der Waals surface area (Å²) in [4.78, 5) is 108. The lowest BCUT2D eigenvalue weighted by Crippen LogP contribution is -2.58. The summed E-state index contributed by atoms with van der Waals surface area (Å²) in [6, 6.07) is 5.60. The average Bonchev–Trinajstić information content (AvgIpc) is 0.728. The van der Waals surface area contributed by atoms with E-state index in [1.807, 2.05) is 69.2 Å². The summed E-state index contributed by atoms with van der Waals surface area (Å²) in [7, 11) is 0. The van der Waals surface area contributed by atoms with Crippen LogP contribution < -0.4 is 35.9 Å². The molecular formula is C73H99F6N5O12. The molecule has 0 saturated carbocycles. The number of benzene rings is 3. The van der Waals surface area contributed by atoms with Crippen LogP contribution >= 0.6 is 0 Å². The summed E-state index contributed by atoms with van der Waals surface area (Å²) < 4.78 is 94.6. The van der Waals surface area contributed by atoms with Crippen molar-refractivity contribution in [2.75, 3.05) is 31.1 Å². The van der Waals surface area contributed by atoms with Crippen LogP contribution in [0.3, 0.4) is 0 Å². The number of nitrogens with zero attached hydrogens (tertiary/aromatic N) is 2. The van der Waals surface area contributed by atoms with E-state index in [2.05, 4.69) is 16.0 Å². The molecule has 530 valence electrons. The van der Waals surface area contributed by atoms with Crippen LogP contribution in [0.25, 0.3) is 33.4 Å². The molecule has 1 unspecified atom stereocenters. The molecule has 0 aromatic heterocycles. The lowest BCUT2D eigenvalue weighted by molar-refractivity contribution is -0.255. The van der Waals surface area contributed by atoms with E-state index in [0.717, 1.165) is 71.9 Å². The molecule has 17 nitrogen and oxygen atoms in total. The molecule has 23 heteroatoms. The van der Waals surface area contributed by atoms with Crippen LogP contribution in [0, 0.1) is 53.1 Å². The normalized spacial score (nSPS) is 16.7. The van der Waals surface area contributed by atoms with Gasteiger partial charge in [-0.3, -0.25) is 33.6 Å². The van der Waals surface area contributed by atoms with Gasteiger partial charge < -0.3 is 45.4 Å². The van der Waals surface area contributed by atoms with Gasteiger partial charge in [0.1, 0.15) is 28.7 Å². The predicted molar refractivity (Wildman–Crippen MR) is 352 cm³/mol. The van der Waals surface area contributed by atoms with E-state index in [4.69, 9.17) is 4.42 Å². The molecule has 96 heavy (non-hydrogen) atoms. The van der Waals surface area contributed by atoms with Crippen molar-refractivity contribution in [3.8, 4) is 22.5 Å². The molecule has 3 amide bonds. The van der Waals surface area contributed by atoms with Crippen LogP contribution in [-0.4, -0.2) is 125 Å². The van der Waals surface area contributed by atoms with E-state index in [-0.39, 0.29) is 148 Å². The first-order chi connectivity index (χ1) is 44.9. The van der Waals surface area contributed by atoms with Crippen LogP contribution in [0.2, 0.25) is 0 Å². The third-order valence-corrected chi connectivity index (χ3v) is 18.0. The Morgan fingerprint density at radius 2 is 1.17 bits per heavy atom. The Morgan fingerprint density at radius 3 is 1.70 bits per heavy atom. The maximum absolute atomic E-state index is 15.9. The number of halogens is 6. The minimum Gasteiger partial charge on any atom is -0.545 e. The van der Waals surface area contributed by atoms with Crippen LogP contribution in [0.1, 0.15) is 206 Å². The number of ketones is 4. The third-order valence-electron chi connectivity index (χ3n) is 18.0. The number of carbonyl (C=O) groups excluding carboxylic acids is 8. The Balaban J connectivity index is 0.953. The number of alkyl halides is 4. The zero-order chi connectivity index (χ0) is 71.3. The number of anilines is 1. The first-order valence-corrected chi connectivity index (χ1v) is 34.1. The van der Waals surface area contributed by atoms with Crippen LogP contribution in [0.5, 0.6) is 0 Å². The largest absolute Gasteiger partial charge is 0.545 e. The third kappa shape index (κ3) is 22.0. The Hall–Kier alpha value is -7.01. The Bertz CT molecular complexity index is 3460. The number of hydrogen-bond acceptors (Lipinski definition) is 13. The van der Waals surface area contributed by atoms with E-state index in [1.54, 1.807) is 6.92 Å². The van der Waals surface area contributed by atoms with Crippen molar-refractivity contribution in [2.45, 2.75) is 227 Å². The van der Waals surface area contributed by atoms with E-state index >= 15 is 8.78 Å². The van der Waals surface area contributed by atoms with Gasteiger partial charge in [0.25, 0.3) is 5.92 Å². The first kappa shape index (κ1) is 78.0. The highest BCUT2D eigenvalue weighted by Crippen LogP contribution is 2.45. The maximum Gasteiger partial charge on any atom is 0.361 e. The smallest absolute Gasteiger partial charge is 0.361 e. The van der Waals surface area contributed by atoms with E-state index in [1.165, 1.54) is 12.1 Å². The van der Waals surface area contributed by atoms with Gasteiger partial charge in [-0.05, 0) is 79.0 Å². The van der Waals surface area contributed by atoms with Gasteiger partial charge in [0.2, 0.25) is 36.2 Å². The molecule has 0 bridgehead atoms. The zero-order valence-electron chi connectivity index (χ0n) is 57.5. The second kappa shape index (κ2) is 34.5. The summed E-state index contributed by atoms with van der Waals surface area (Å²) in [5, 5.41) is 43.7. The first-order valence-electron chi connectivity index (χ1n) is 34.1. The van der Waals surface area contributed by atoms with Crippen molar-refractivity contribution < 1.29 is 84.4 Å². The summed E-state index contributed by atoms with van der Waals surface area (Å²) in [6.07, 6.45) is 3.64. The molecule has 4 aliphatic rings. The molecule has 2 fully saturated rings. The fourth-order valence-corrected chi connectivity index (χ4v) is 12.8. The number of carbonyl (C=O) groups is 8. The Kier molecular flexibility index (Phi) is 28.0. The van der Waals surface area contributed by atoms with Crippen molar-refractivity contribution in [3.63, 3.8) is 0 Å². The second-order valence-electron chi connectivity index (χ2n) is 28.9. The number of fused-ring (bicyclic) bond motifs is 2. The van der Waals surface area contributed by atoms with Crippen molar-refractivity contribution >= 4 is 63.5 Å². The van der Waals surface area contributed by atoms with Crippen LogP contribution in [0.4, 0.5) is 32.0 Å². The number of amides is 3. The quantitative estimate of drug-likeness (QED) is 0.00917.